The number of carbonyl (C=O) groups excluding carboxylic acids is 1. The smallest absolute Gasteiger partial charge is 0.255 e. The average Bonchev–Trinajstić information content (AvgIpc) is 2.12. The van der Waals surface area contributed by atoms with Crippen molar-refractivity contribution in [3.8, 4) is 0 Å². The van der Waals surface area contributed by atoms with Crippen molar-refractivity contribution < 1.29 is 4.79 Å². The van der Waals surface area contributed by atoms with Crippen LogP contribution in [0.5, 0.6) is 0 Å². The standard InChI is InChI=1S/C4H3ClN2O.ClH/c5-4(8)3-1-6-7-2-3;/h1-2H,(H,6,7);1H. The minimum Gasteiger partial charge on any atom is -0.285 e. The summed E-state index contributed by atoms with van der Waals surface area (Å²) in [5, 5.41) is 5.48. The van der Waals surface area contributed by atoms with Crippen LogP contribution in [0.1, 0.15) is 10.4 Å². The summed E-state index contributed by atoms with van der Waals surface area (Å²) >= 11 is 5.05. The molecular formula is C4H4Cl2N2O. The van der Waals surface area contributed by atoms with Gasteiger partial charge in [0, 0.05) is 6.20 Å². The van der Waals surface area contributed by atoms with E-state index in [0.29, 0.717) is 5.56 Å². The second kappa shape index (κ2) is 3.48. The van der Waals surface area contributed by atoms with E-state index in [1.54, 1.807) is 0 Å². The van der Waals surface area contributed by atoms with Crippen molar-refractivity contribution in [1.29, 1.82) is 0 Å². The van der Waals surface area contributed by atoms with Gasteiger partial charge in [-0.25, -0.2) is 0 Å². The van der Waals surface area contributed by atoms with Crippen molar-refractivity contribution in [1.82, 2.24) is 10.2 Å². The fourth-order valence-electron chi connectivity index (χ4n) is 0.358. The zero-order valence-corrected chi connectivity index (χ0v) is 5.87. The maximum Gasteiger partial charge on any atom is 0.255 e. The summed E-state index contributed by atoms with van der Waals surface area (Å²) in [6.45, 7) is 0. The van der Waals surface area contributed by atoms with Gasteiger partial charge in [0.25, 0.3) is 5.24 Å². The molecule has 5 heteroatoms. The quantitative estimate of drug-likeness (QED) is 0.639. The number of aromatic amines is 1. The third-order valence-electron chi connectivity index (χ3n) is 0.725. The van der Waals surface area contributed by atoms with Gasteiger partial charge in [-0.05, 0) is 11.6 Å². The van der Waals surface area contributed by atoms with E-state index in [2.05, 4.69) is 10.2 Å². The van der Waals surface area contributed by atoms with Crippen LogP contribution >= 0.6 is 24.0 Å². The molecule has 0 saturated carbocycles. The van der Waals surface area contributed by atoms with Gasteiger partial charge in [0.05, 0.1) is 11.8 Å². The van der Waals surface area contributed by atoms with Crippen LogP contribution < -0.4 is 0 Å². The van der Waals surface area contributed by atoms with Crippen molar-refractivity contribution in [2.75, 3.05) is 0 Å². The lowest BCUT2D eigenvalue weighted by Gasteiger charge is -1.74. The Morgan fingerprint density at radius 1 is 1.78 bits per heavy atom. The number of hydrogen-bond donors (Lipinski definition) is 1. The van der Waals surface area contributed by atoms with E-state index in [9.17, 15) is 4.79 Å². The van der Waals surface area contributed by atoms with Gasteiger partial charge in [0.15, 0.2) is 0 Å². The Hall–Kier alpha value is -0.540. The molecule has 0 bridgehead atoms. The topological polar surface area (TPSA) is 45.8 Å². The van der Waals surface area contributed by atoms with E-state index in [0.717, 1.165) is 0 Å². The molecule has 3 nitrogen and oxygen atoms in total. The van der Waals surface area contributed by atoms with Crippen LogP contribution in [0.3, 0.4) is 0 Å². The zero-order chi connectivity index (χ0) is 5.98. The molecule has 0 atom stereocenters. The summed E-state index contributed by atoms with van der Waals surface area (Å²) in [5.74, 6) is 0. The molecule has 1 aromatic heterocycles. The molecule has 0 fully saturated rings. The zero-order valence-electron chi connectivity index (χ0n) is 4.30. The minimum absolute atomic E-state index is 0. The summed E-state index contributed by atoms with van der Waals surface area (Å²) in [6, 6.07) is 0. The average molecular weight is 167 g/mol. The molecule has 1 heterocycles. The fraction of sp³-hybridized carbons (Fsp3) is 0. The van der Waals surface area contributed by atoms with Crippen LogP contribution in [-0.4, -0.2) is 15.4 Å². The first-order chi connectivity index (χ1) is 3.80. The Bertz CT molecular complexity index is 184. The van der Waals surface area contributed by atoms with Crippen LogP contribution in [0, 0.1) is 0 Å². The number of rotatable bonds is 1. The van der Waals surface area contributed by atoms with E-state index in [1.165, 1.54) is 12.4 Å². The van der Waals surface area contributed by atoms with Crippen LogP contribution in [-0.2, 0) is 0 Å². The Labute approximate surface area is 62.8 Å². The molecule has 9 heavy (non-hydrogen) atoms. The van der Waals surface area contributed by atoms with Gasteiger partial charge < -0.3 is 0 Å². The largest absolute Gasteiger partial charge is 0.285 e. The van der Waals surface area contributed by atoms with E-state index in [4.69, 9.17) is 11.6 Å². The normalized spacial score (nSPS) is 8.11. The van der Waals surface area contributed by atoms with Crippen molar-refractivity contribution in [2.24, 2.45) is 0 Å². The van der Waals surface area contributed by atoms with Gasteiger partial charge in [-0.15, -0.1) is 12.4 Å². The predicted molar refractivity (Wildman–Crippen MR) is 36.0 cm³/mol. The van der Waals surface area contributed by atoms with Crippen LogP contribution in [0.2, 0.25) is 0 Å². The molecule has 1 aromatic rings. The van der Waals surface area contributed by atoms with E-state index in [-0.39, 0.29) is 12.4 Å². The highest BCUT2D eigenvalue weighted by Crippen LogP contribution is 1.97. The summed E-state index contributed by atoms with van der Waals surface area (Å²) in [6.07, 6.45) is 2.81. The molecule has 0 aliphatic heterocycles. The summed E-state index contributed by atoms with van der Waals surface area (Å²) in [7, 11) is 0. The van der Waals surface area contributed by atoms with Gasteiger partial charge in [-0.3, -0.25) is 9.89 Å². The molecule has 0 spiro atoms. The summed E-state index contributed by atoms with van der Waals surface area (Å²) < 4.78 is 0. The summed E-state index contributed by atoms with van der Waals surface area (Å²) in [4.78, 5) is 10.2. The second-order valence-corrected chi connectivity index (χ2v) is 1.60. The molecule has 1 rings (SSSR count). The SMILES string of the molecule is Cl.O=C(Cl)c1cn[nH]c1. The molecule has 0 aliphatic rings. The van der Waals surface area contributed by atoms with E-state index in [1.807, 2.05) is 0 Å². The molecule has 0 saturated heterocycles. The molecule has 50 valence electrons. The van der Waals surface area contributed by atoms with Crippen molar-refractivity contribution in [3.05, 3.63) is 18.0 Å². The minimum atomic E-state index is -0.487. The lowest BCUT2D eigenvalue weighted by atomic mass is 10.4. The highest BCUT2D eigenvalue weighted by atomic mass is 35.5. The van der Waals surface area contributed by atoms with Crippen molar-refractivity contribution in [2.45, 2.75) is 0 Å². The third kappa shape index (κ3) is 2.03. The molecule has 0 unspecified atom stereocenters. The number of hydrogen-bond acceptors (Lipinski definition) is 2. The van der Waals surface area contributed by atoms with Crippen LogP contribution in [0.4, 0.5) is 0 Å². The molecule has 1 N–H and O–H groups in total. The summed E-state index contributed by atoms with van der Waals surface area (Å²) in [5.41, 5.74) is 0.395. The van der Waals surface area contributed by atoms with Crippen LogP contribution in [0.15, 0.2) is 12.4 Å². The maximum atomic E-state index is 10.2. The highest BCUT2D eigenvalue weighted by Gasteiger charge is 1.98. The predicted octanol–water partition coefficient (Wildman–Crippen LogP) is 1.21. The maximum absolute atomic E-state index is 10.2. The number of H-pyrrole nitrogens is 1. The number of aromatic nitrogens is 2. The number of carbonyl (C=O) groups is 1. The van der Waals surface area contributed by atoms with Gasteiger partial charge in [-0.2, -0.15) is 5.10 Å². The van der Waals surface area contributed by atoms with E-state index >= 15 is 0 Å². The Kier molecular flexibility index (Phi) is 3.27. The molecule has 0 amide bonds. The monoisotopic (exact) mass is 166 g/mol. The van der Waals surface area contributed by atoms with Gasteiger partial charge in [0.1, 0.15) is 0 Å². The number of nitrogens with zero attached hydrogens (tertiary/aromatic N) is 1. The first-order valence-electron chi connectivity index (χ1n) is 1.99. The Balaban J connectivity index is 0.000000640. The van der Waals surface area contributed by atoms with Crippen molar-refractivity contribution >= 4 is 29.3 Å². The van der Waals surface area contributed by atoms with Crippen LogP contribution in [0.25, 0.3) is 0 Å². The first-order valence-corrected chi connectivity index (χ1v) is 2.37. The second-order valence-electron chi connectivity index (χ2n) is 1.26. The molecule has 0 aliphatic carbocycles. The lowest BCUT2D eigenvalue weighted by molar-refractivity contribution is 0.108. The molecule has 0 radical (unpaired) electrons. The van der Waals surface area contributed by atoms with Gasteiger partial charge in [-0.1, -0.05) is 0 Å². The highest BCUT2D eigenvalue weighted by molar-refractivity contribution is 6.67. The lowest BCUT2D eigenvalue weighted by Crippen LogP contribution is -1.81. The molecular weight excluding hydrogens is 163 g/mol. The first kappa shape index (κ1) is 8.46. The third-order valence-corrected chi connectivity index (χ3v) is 0.943. The number of halogens is 2. The fourth-order valence-corrected chi connectivity index (χ4v) is 0.462. The van der Waals surface area contributed by atoms with Gasteiger partial charge >= 0.3 is 0 Å². The Morgan fingerprint density at radius 3 is 2.67 bits per heavy atom. The van der Waals surface area contributed by atoms with Crippen molar-refractivity contribution in [3.63, 3.8) is 0 Å². The molecule has 0 aromatic carbocycles. The number of nitrogens with one attached hydrogen (secondary N) is 1. The van der Waals surface area contributed by atoms with Gasteiger partial charge in [0.2, 0.25) is 0 Å². The Morgan fingerprint density at radius 2 is 2.44 bits per heavy atom. The van der Waals surface area contributed by atoms with E-state index < -0.39 is 5.24 Å².